The van der Waals surface area contributed by atoms with Crippen molar-refractivity contribution in [3.05, 3.63) is 88.8 Å². The van der Waals surface area contributed by atoms with Crippen molar-refractivity contribution in [3.8, 4) is 34.8 Å². The topological polar surface area (TPSA) is 113 Å². The zero-order valence-electron chi connectivity index (χ0n) is 21.1. The fourth-order valence-corrected chi connectivity index (χ4v) is 4.14. The molecule has 1 atom stereocenters. The van der Waals surface area contributed by atoms with Gasteiger partial charge in [0.05, 0.1) is 20.1 Å². The maximum absolute atomic E-state index is 12.4. The molecule has 1 heterocycles. The van der Waals surface area contributed by atoms with E-state index >= 15 is 0 Å². The van der Waals surface area contributed by atoms with Crippen molar-refractivity contribution in [3.63, 3.8) is 0 Å². The van der Waals surface area contributed by atoms with E-state index in [1.807, 2.05) is 24.3 Å². The van der Waals surface area contributed by atoms with Gasteiger partial charge in [-0.2, -0.15) is 5.26 Å². The average molecular weight is 501 g/mol. The number of allylic oxidation sites excluding steroid dienone is 1. The van der Waals surface area contributed by atoms with E-state index in [-0.39, 0.29) is 23.8 Å². The first-order chi connectivity index (χ1) is 17.8. The van der Waals surface area contributed by atoms with E-state index < -0.39 is 11.9 Å². The minimum Gasteiger partial charge on any atom is -0.497 e. The van der Waals surface area contributed by atoms with Crippen LogP contribution in [0.15, 0.2) is 72.1 Å². The van der Waals surface area contributed by atoms with E-state index in [4.69, 9.17) is 29.4 Å². The summed E-state index contributed by atoms with van der Waals surface area (Å²) in [5.41, 5.74) is 8.89. The van der Waals surface area contributed by atoms with Crippen LogP contribution in [0.25, 0.3) is 0 Å². The Kier molecular flexibility index (Phi) is 7.54. The summed E-state index contributed by atoms with van der Waals surface area (Å²) in [6, 6.07) is 20.0. The van der Waals surface area contributed by atoms with Gasteiger partial charge in [0, 0.05) is 17.2 Å². The maximum Gasteiger partial charge on any atom is 0.349 e. The molecule has 4 rings (SSSR count). The lowest BCUT2D eigenvalue weighted by molar-refractivity contribution is -0.136. The van der Waals surface area contributed by atoms with Crippen molar-refractivity contribution in [2.75, 3.05) is 20.8 Å². The fraction of sp³-hybridized carbons (Fsp3) is 0.241. The Morgan fingerprint density at radius 3 is 2.32 bits per heavy atom. The maximum atomic E-state index is 12.4. The van der Waals surface area contributed by atoms with Crippen LogP contribution in [0.2, 0.25) is 0 Å². The molecule has 0 aromatic heterocycles. The van der Waals surface area contributed by atoms with Crippen LogP contribution >= 0.6 is 0 Å². The van der Waals surface area contributed by atoms with E-state index in [2.05, 4.69) is 19.9 Å². The minimum atomic E-state index is -0.573. The van der Waals surface area contributed by atoms with Crippen molar-refractivity contribution in [1.29, 1.82) is 5.26 Å². The molecule has 0 aliphatic carbocycles. The zero-order chi connectivity index (χ0) is 26.5. The second kappa shape index (κ2) is 11.0. The summed E-state index contributed by atoms with van der Waals surface area (Å²) in [5, 5.41) is 9.85. The van der Waals surface area contributed by atoms with Gasteiger partial charge in [0.1, 0.15) is 40.4 Å². The van der Waals surface area contributed by atoms with Crippen LogP contribution < -0.4 is 29.4 Å². The lowest BCUT2D eigenvalue weighted by Gasteiger charge is -2.28. The molecule has 0 saturated carbocycles. The second-order valence-electron chi connectivity index (χ2n) is 8.72. The highest BCUT2D eigenvalue weighted by atomic mass is 16.6. The normalized spacial score (nSPS) is 14.3. The van der Waals surface area contributed by atoms with Gasteiger partial charge in [0.2, 0.25) is 5.88 Å². The van der Waals surface area contributed by atoms with Crippen molar-refractivity contribution in [1.82, 2.24) is 0 Å². The van der Waals surface area contributed by atoms with Gasteiger partial charge in [-0.15, -0.1) is 0 Å². The number of nitrogens with two attached hydrogens (primary N) is 1. The number of hydrogen-bond acceptors (Lipinski definition) is 8. The number of ether oxygens (including phenoxy) is 5. The zero-order valence-corrected chi connectivity index (χ0v) is 21.1. The molecule has 1 unspecified atom stereocenters. The Morgan fingerprint density at radius 2 is 1.68 bits per heavy atom. The molecule has 0 spiro atoms. The Balaban J connectivity index is 1.55. The van der Waals surface area contributed by atoms with Gasteiger partial charge in [-0.25, -0.2) is 4.79 Å². The highest BCUT2D eigenvalue weighted by Crippen LogP contribution is 2.46. The predicted octanol–water partition coefficient (Wildman–Crippen LogP) is 5.03. The van der Waals surface area contributed by atoms with Crippen LogP contribution in [0.5, 0.6) is 28.7 Å². The second-order valence-corrected chi connectivity index (χ2v) is 8.72. The SMILES string of the molecule is COc1ccc(OC)c(C2C(C#N)=C(N)Oc3cc(OC(=O)COc4ccc(C(C)C)cc4)ccc32)c1. The highest BCUT2D eigenvalue weighted by Gasteiger charge is 2.33. The number of nitriles is 1. The summed E-state index contributed by atoms with van der Waals surface area (Å²) in [7, 11) is 3.11. The monoisotopic (exact) mass is 500 g/mol. The molecule has 3 aromatic rings. The van der Waals surface area contributed by atoms with Crippen LogP contribution in [-0.4, -0.2) is 26.8 Å². The van der Waals surface area contributed by atoms with Gasteiger partial charge in [-0.05, 0) is 47.9 Å². The molecular weight excluding hydrogens is 472 g/mol. The number of benzene rings is 3. The Bertz CT molecular complexity index is 1370. The Morgan fingerprint density at radius 1 is 0.973 bits per heavy atom. The third kappa shape index (κ3) is 5.46. The van der Waals surface area contributed by atoms with Gasteiger partial charge in [-0.3, -0.25) is 0 Å². The first-order valence-corrected chi connectivity index (χ1v) is 11.7. The van der Waals surface area contributed by atoms with Crippen LogP contribution in [-0.2, 0) is 4.79 Å². The lowest BCUT2D eigenvalue weighted by Crippen LogP contribution is -2.22. The largest absolute Gasteiger partial charge is 0.497 e. The third-order valence-electron chi connectivity index (χ3n) is 6.07. The van der Waals surface area contributed by atoms with Gasteiger partial charge in [0.25, 0.3) is 0 Å². The number of rotatable bonds is 8. The Hall–Kier alpha value is -4.64. The highest BCUT2D eigenvalue weighted by molar-refractivity contribution is 5.74. The molecule has 0 fully saturated rings. The molecule has 190 valence electrons. The average Bonchev–Trinajstić information content (AvgIpc) is 2.90. The molecule has 37 heavy (non-hydrogen) atoms. The summed E-state index contributed by atoms with van der Waals surface area (Å²) in [5.74, 6) is 1.58. The van der Waals surface area contributed by atoms with E-state index in [0.29, 0.717) is 40.0 Å². The van der Waals surface area contributed by atoms with Gasteiger partial charge in [0.15, 0.2) is 6.61 Å². The molecule has 8 nitrogen and oxygen atoms in total. The molecule has 0 amide bonds. The number of carbonyl (C=O) groups is 1. The standard InChI is InChI=1S/C29H28N2O6/c1-17(2)18-5-7-19(8-6-18)35-16-27(32)36-21-9-11-22-26(14-21)37-29(31)24(15-30)28(22)23-13-20(33-3)10-12-25(23)34-4/h5-14,17,28H,16,31H2,1-4H3. The molecule has 0 bridgehead atoms. The van der Waals surface area contributed by atoms with Crippen molar-refractivity contribution < 1.29 is 28.5 Å². The molecule has 1 aliphatic heterocycles. The van der Waals surface area contributed by atoms with Crippen molar-refractivity contribution >= 4 is 5.97 Å². The number of nitrogens with zero attached hydrogens (tertiary/aromatic N) is 1. The van der Waals surface area contributed by atoms with E-state index in [1.165, 1.54) is 5.56 Å². The smallest absolute Gasteiger partial charge is 0.349 e. The fourth-order valence-electron chi connectivity index (χ4n) is 4.14. The van der Waals surface area contributed by atoms with Crippen LogP contribution in [0.3, 0.4) is 0 Å². The number of hydrogen-bond donors (Lipinski definition) is 1. The summed E-state index contributed by atoms with van der Waals surface area (Å²) in [6.45, 7) is 3.95. The van der Waals surface area contributed by atoms with E-state index in [9.17, 15) is 10.1 Å². The molecule has 1 aliphatic rings. The molecular formula is C29H28N2O6. The molecule has 0 radical (unpaired) electrons. The Labute approximate surface area is 215 Å². The predicted molar refractivity (Wildman–Crippen MR) is 137 cm³/mol. The van der Waals surface area contributed by atoms with E-state index in [1.54, 1.807) is 50.6 Å². The van der Waals surface area contributed by atoms with Crippen molar-refractivity contribution in [2.24, 2.45) is 5.73 Å². The van der Waals surface area contributed by atoms with Gasteiger partial charge >= 0.3 is 5.97 Å². The summed E-state index contributed by atoms with van der Waals surface area (Å²) in [6.07, 6.45) is 0. The summed E-state index contributed by atoms with van der Waals surface area (Å²) < 4.78 is 27.7. The molecule has 3 aromatic carbocycles. The summed E-state index contributed by atoms with van der Waals surface area (Å²) in [4.78, 5) is 12.4. The first-order valence-electron chi connectivity index (χ1n) is 11.7. The molecule has 8 heteroatoms. The van der Waals surface area contributed by atoms with Crippen LogP contribution in [0, 0.1) is 11.3 Å². The lowest BCUT2D eigenvalue weighted by atomic mass is 9.83. The third-order valence-corrected chi connectivity index (χ3v) is 6.07. The van der Waals surface area contributed by atoms with Gasteiger partial charge in [-0.1, -0.05) is 32.0 Å². The van der Waals surface area contributed by atoms with Crippen LogP contribution in [0.4, 0.5) is 0 Å². The molecule has 2 N–H and O–H groups in total. The summed E-state index contributed by atoms with van der Waals surface area (Å²) >= 11 is 0. The van der Waals surface area contributed by atoms with Gasteiger partial charge < -0.3 is 29.4 Å². The minimum absolute atomic E-state index is 0.0403. The quantitative estimate of drug-likeness (QED) is 0.338. The van der Waals surface area contributed by atoms with Crippen LogP contribution in [0.1, 0.15) is 42.4 Å². The van der Waals surface area contributed by atoms with Crippen molar-refractivity contribution in [2.45, 2.75) is 25.7 Å². The number of fused-ring (bicyclic) bond motifs is 1. The molecule has 0 saturated heterocycles. The van der Waals surface area contributed by atoms with E-state index in [0.717, 1.165) is 0 Å². The number of methoxy groups -OCH3 is 2. The number of carbonyl (C=O) groups excluding carboxylic acids is 1. The number of esters is 1. The first kappa shape index (κ1) is 25.5.